The summed E-state index contributed by atoms with van der Waals surface area (Å²) in [5, 5.41) is 6.57. The summed E-state index contributed by atoms with van der Waals surface area (Å²) in [6, 6.07) is 0. The van der Waals surface area contributed by atoms with Crippen LogP contribution >= 0.6 is 24.0 Å². The molecule has 5 heteroatoms. The second kappa shape index (κ2) is 13.0. The fourth-order valence-electron chi connectivity index (χ4n) is 2.57. The Hall–Kier alpha value is -0.0400. The SMILES string of the molecule is CN=C(NCCCC1CCCCC1)NCCOC.I. The number of nitrogens with zero attached hydrogens (tertiary/aromatic N) is 1. The molecule has 4 nitrogen and oxygen atoms in total. The lowest BCUT2D eigenvalue weighted by atomic mass is 9.86. The minimum Gasteiger partial charge on any atom is -0.383 e. The topological polar surface area (TPSA) is 45.7 Å². The van der Waals surface area contributed by atoms with Gasteiger partial charge in [-0.05, 0) is 18.8 Å². The minimum absolute atomic E-state index is 0. The molecule has 0 atom stereocenters. The standard InChI is InChI=1S/C14H29N3O.HI/c1-15-14(17-11-12-18-2)16-10-6-9-13-7-4-3-5-8-13;/h13H,3-12H2,1-2H3,(H2,15,16,17);1H. The highest BCUT2D eigenvalue weighted by Crippen LogP contribution is 2.26. The molecule has 0 unspecified atom stereocenters. The van der Waals surface area contributed by atoms with E-state index in [0.717, 1.165) is 25.0 Å². The van der Waals surface area contributed by atoms with Crippen LogP contribution in [0.15, 0.2) is 4.99 Å². The third-order valence-electron chi connectivity index (χ3n) is 3.63. The number of ether oxygens (including phenoxy) is 1. The molecule has 0 spiro atoms. The summed E-state index contributed by atoms with van der Waals surface area (Å²) in [6.07, 6.45) is 9.83. The van der Waals surface area contributed by atoms with Crippen LogP contribution in [0.5, 0.6) is 0 Å². The first-order chi connectivity index (χ1) is 8.86. The van der Waals surface area contributed by atoms with Gasteiger partial charge >= 0.3 is 0 Å². The maximum Gasteiger partial charge on any atom is 0.191 e. The van der Waals surface area contributed by atoms with Crippen molar-refractivity contribution in [2.75, 3.05) is 33.9 Å². The average Bonchev–Trinajstić information content (AvgIpc) is 2.43. The molecule has 114 valence electrons. The van der Waals surface area contributed by atoms with Crippen LogP contribution < -0.4 is 10.6 Å². The van der Waals surface area contributed by atoms with Crippen LogP contribution in [0.4, 0.5) is 0 Å². The van der Waals surface area contributed by atoms with E-state index in [1.54, 1.807) is 7.11 Å². The fraction of sp³-hybridized carbons (Fsp3) is 0.929. The van der Waals surface area contributed by atoms with Crippen molar-refractivity contribution in [3.05, 3.63) is 0 Å². The van der Waals surface area contributed by atoms with Crippen molar-refractivity contribution in [2.24, 2.45) is 10.9 Å². The van der Waals surface area contributed by atoms with E-state index in [2.05, 4.69) is 15.6 Å². The van der Waals surface area contributed by atoms with E-state index in [4.69, 9.17) is 4.74 Å². The first kappa shape index (κ1) is 19.0. The van der Waals surface area contributed by atoms with Crippen molar-refractivity contribution in [2.45, 2.75) is 44.9 Å². The fourth-order valence-corrected chi connectivity index (χ4v) is 2.57. The molecular formula is C14H30IN3O. The summed E-state index contributed by atoms with van der Waals surface area (Å²) >= 11 is 0. The van der Waals surface area contributed by atoms with Crippen LogP contribution in [0, 0.1) is 5.92 Å². The average molecular weight is 383 g/mol. The Bertz CT molecular complexity index is 231. The Morgan fingerprint density at radius 2 is 1.84 bits per heavy atom. The molecule has 0 amide bonds. The van der Waals surface area contributed by atoms with Gasteiger partial charge in [0.25, 0.3) is 0 Å². The van der Waals surface area contributed by atoms with Crippen LogP contribution in [0.2, 0.25) is 0 Å². The van der Waals surface area contributed by atoms with Gasteiger partial charge in [0.15, 0.2) is 5.96 Å². The van der Waals surface area contributed by atoms with E-state index >= 15 is 0 Å². The van der Waals surface area contributed by atoms with Crippen LogP contribution in [0.3, 0.4) is 0 Å². The first-order valence-corrected chi connectivity index (χ1v) is 7.30. The Morgan fingerprint density at radius 1 is 1.16 bits per heavy atom. The molecule has 1 aliphatic rings. The number of nitrogens with one attached hydrogen (secondary N) is 2. The lowest BCUT2D eigenvalue weighted by Gasteiger charge is -2.21. The highest BCUT2D eigenvalue weighted by molar-refractivity contribution is 14.0. The van der Waals surface area contributed by atoms with Crippen LogP contribution in [-0.2, 0) is 4.74 Å². The Labute approximate surface area is 135 Å². The van der Waals surface area contributed by atoms with Crippen molar-refractivity contribution < 1.29 is 4.74 Å². The predicted octanol–water partition coefficient (Wildman–Crippen LogP) is 2.78. The Morgan fingerprint density at radius 3 is 2.47 bits per heavy atom. The minimum atomic E-state index is 0. The molecule has 0 aromatic rings. The van der Waals surface area contributed by atoms with Crippen molar-refractivity contribution >= 4 is 29.9 Å². The number of guanidine groups is 1. The summed E-state index contributed by atoms with van der Waals surface area (Å²) in [4.78, 5) is 4.18. The van der Waals surface area contributed by atoms with Crippen molar-refractivity contribution in [3.8, 4) is 0 Å². The molecule has 0 heterocycles. The molecular weight excluding hydrogens is 353 g/mol. The van der Waals surface area contributed by atoms with Gasteiger partial charge in [0.2, 0.25) is 0 Å². The zero-order valence-electron chi connectivity index (χ0n) is 12.4. The van der Waals surface area contributed by atoms with Gasteiger partial charge in [-0.3, -0.25) is 4.99 Å². The molecule has 1 saturated carbocycles. The maximum atomic E-state index is 5.00. The van der Waals surface area contributed by atoms with E-state index in [9.17, 15) is 0 Å². The predicted molar refractivity (Wildman–Crippen MR) is 92.5 cm³/mol. The molecule has 1 aliphatic carbocycles. The number of rotatable bonds is 7. The molecule has 2 N–H and O–H groups in total. The molecule has 0 aromatic carbocycles. The number of hydrogen-bond donors (Lipinski definition) is 2. The lowest BCUT2D eigenvalue weighted by Crippen LogP contribution is -2.39. The molecule has 1 fully saturated rings. The van der Waals surface area contributed by atoms with Crippen molar-refractivity contribution in [1.29, 1.82) is 0 Å². The van der Waals surface area contributed by atoms with Crippen LogP contribution in [0.1, 0.15) is 44.9 Å². The van der Waals surface area contributed by atoms with E-state index < -0.39 is 0 Å². The highest BCUT2D eigenvalue weighted by Gasteiger charge is 2.12. The van der Waals surface area contributed by atoms with Gasteiger partial charge in [-0.15, -0.1) is 24.0 Å². The van der Waals surface area contributed by atoms with Gasteiger partial charge in [-0.1, -0.05) is 32.1 Å². The normalized spacial score (nSPS) is 16.8. The molecule has 0 aliphatic heterocycles. The van der Waals surface area contributed by atoms with Crippen molar-refractivity contribution in [1.82, 2.24) is 10.6 Å². The molecule has 0 aromatic heterocycles. The highest BCUT2D eigenvalue weighted by atomic mass is 127. The van der Waals surface area contributed by atoms with E-state index in [1.807, 2.05) is 7.05 Å². The van der Waals surface area contributed by atoms with Crippen molar-refractivity contribution in [3.63, 3.8) is 0 Å². The zero-order valence-corrected chi connectivity index (χ0v) is 14.7. The summed E-state index contributed by atoms with van der Waals surface area (Å²) in [5.41, 5.74) is 0. The molecule has 0 radical (unpaired) electrons. The molecule has 0 saturated heterocycles. The number of aliphatic imine (C=N–C) groups is 1. The zero-order chi connectivity index (χ0) is 13.1. The molecule has 1 rings (SSSR count). The van der Waals surface area contributed by atoms with Gasteiger partial charge < -0.3 is 15.4 Å². The second-order valence-corrected chi connectivity index (χ2v) is 5.06. The smallest absolute Gasteiger partial charge is 0.191 e. The second-order valence-electron chi connectivity index (χ2n) is 5.06. The van der Waals surface area contributed by atoms with Gasteiger partial charge in [0.05, 0.1) is 6.61 Å². The third-order valence-corrected chi connectivity index (χ3v) is 3.63. The lowest BCUT2D eigenvalue weighted by molar-refractivity contribution is 0.203. The summed E-state index contributed by atoms with van der Waals surface area (Å²) in [6.45, 7) is 2.53. The summed E-state index contributed by atoms with van der Waals surface area (Å²) < 4.78 is 5.00. The van der Waals surface area contributed by atoms with Crippen LogP contribution in [0.25, 0.3) is 0 Å². The molecule has 0 bridgehead atoms. The number of hydrogen-bond acceptors (Lipinski definition) is 2. The van der Waals surface area contributed by atoms with E-state index in [-0.39, 0.29) is 24.0 Å². The van der Waals surface area contributed by atoms with E-state index in [1.165, 1.54) is 44.9 Å². The monoisotopic (exact) mass is 383 g/mol. The Balaban J connectivity index is 0.00000324. The van der Waals surface area contributed by atoms with Gasteiger partial charge in [-0.25, -0.2) is 0 Å². The Kier molecular flexibility index (Phi) is 12.9. The van der Waals surface area contributed by atoms with E-state index in [0.29, 0.717) is 6.61 Å². The largest absolute Gasteiger partial charge is 0.383 e. The van der Waals surface area contributed by atoms with Gasteiger partial charge in [0, 0.05) is 27.2 Å². The van der Waals surface area contributed by atoms with Gasteiger partial charge in [-0.2, -0.15) is 0 Å². The first-order valence-electron chi connectivity index (χ1n) is 7.30. The van der Waals surface area contributed by atoms with Crippen LogP contribution in [-0.4, -0.2) is 39.8 Å². The summed E-state index contributed by atoms with van der Waals surface area (Å²) in [5.74, 6) is 1.86. The number of methoxy groups -OCH3 is 1. The summed E-state index contributed by atoms with van der Waals surface area (Å²) in [7, 11) is 3.52. The number of halogens is 1. The quantitative estimate of drug-likeness (QED) is 0.308. The van der Waals surface area contributed by atoms with Gasteiger partial charge in [0.1, 0.15) is 0 Å². The third kappa shape index (κ3) is 9.49. The maximum absolute atomic E-state index is 5.00. The molecule has 19 heavy (non-hydrogen) atoms.